The molecule has 0 aliphatic rings. The van der Waals surface area contributed by atoms with Gasteiger partial charge in [0.15, 0.2) is 0 Å². The van der Waals surface area contributed by atoms with Crippen LogP contribution in [0.3, 0.4) is 0 Å². The van der Waals surface area contributed by atoms with Crippen LogP contribution in [0.4, 0.5) is 4.79 Å². The van der Waals surface area contributed by atoms with Gasteiger partial charge in [0.1, 0.15) is 12.1 Å². The van der Waals surface area contributed by atoms with Crippen LogP contribution in [0.2, 0.25) is 0 Å². The second kappa shape index (κ2) is 12.8. The van der Waals surface area contributed by atoms with Gasteiger partial charge in [0.2, 0.25) is 5.91 Å². The third-order valence-electron chi connectivity index (χ3n) is 3.97. The minimum absolute atomic E-state index is 0.0902. The maximum absolute atomic E-state index is 12.3. The number of ether oxygens (including phenoxy) is 2. The fourth-order valence-electron chi connectivity index (χ4n) is 2.76. The molecule has 29 heavy (non-hydrogen) atoms. The number of carbonyl (C=O) groups is 3. The molecule has 0 radical (unpaired) electrons. The molecule has 0 heterocycles. The summed E-state index contributed by atoms with van der Waals surface area (Å²) in [6.07, 6.45) is 2.65. The van der Waals surface area contributed by atoms with Crippen molar-refractivity contribution in [2.24, 2.45) is 0 Å². The molecule has 7 heteroatoms. The maximum atomic E-state index is 12.3. The zero-order valence-corrected chi connectivity index (χ0v) is 18.0. The highest BCUT2D eigenvalue weighted by Crippen LogP contribution is 2.11. The summed E-state index contributed by atoms with van der Waals surface area (Å²) in [5.74, 6) is -0.472. The topological polar surface area (TPSA) is 93.7 Å². The fraction of sp³-hybridized carbons (Fsp3) is 0.591. The summed E-state index contributed by atoms with van der Waals surface area (Å²) in [4.78, 5) is 35.5. The molecular weight excluding hydrogens is 372 g/mol. The van der Waals surface area contributed by atoms with Crippen LogP contribution >= 0.6 is 0 Å². The summed E-state index contributed by atoms with van der Waals surface area (Å²) in [6.45, 7) is 7.31. The van der Waals surface area contributed by atoms with Gasteiger partial charge in [0.25, 0.3) is 0 Å². The average Bonchev–Trinajstić information content (AvgIpc) is 2.63. The van der Waals surface area contributed by atoms with E-state index in [1.165, 1.54) is 0 Å². The number of alkyl carbamates (subject to hydrolysis) is 1. The summed E-state index contributed by atoms with van der Waals surface area (Å²) >= 11 is 0. The number of benzene rings is 1. The number of amides is 2. The van der Waals surface area contributed by atoms with Crippen molar-refractivity contribution >= 4 is 18.0 Å². The Kier molecular flexibility index (Phi) is 10.8. The average molecular weight is 407 g/mol. The highest BCUT2D eigenvalue weighted by atomic mass is 16.6. The van der Waals surface area contributed by atoms with Gasteiger partial charge >= 0.3 is 12.1 Å². The van der Waals surface area contributed by atoms with Gasteiger partial charge in [-0.2, -0.15) is 0 Å². The van der Waals surface area contributed by atoms with Crippen molar-refractivity contribution in [1.82, 2.24) is 10.6 Å². The minimum Gasteiger partial charge on any atom is -0.466 e. The molecule has 0 saturated heterocycles. The van der Waals surface area contributed by atoms with Crippen LogP contribution in [0, 0.1) is 0 Å². The summed E-state index contributed by atoms with van der Waals surface area (Å²) in [5, 5.41) is 5.44. The summed E-state index contributed by atoms with van der Waals surface area (Å²) in [5.41, 5.74) is 0.498. The second-order valence-electron chi connectivity index (χ2n) is 7.86. The first-order chi connectivity index (χ1) is 13.7. The normalized spacial score (nSPS) is 12.0. The van der Waals surface area contributed by atoms with Gasteiger partial charge < -0.3 is 20.1 Å². The van der Waals surface area contributed by atoms with Crippen molar-refractivity contribution in [2.45, 2.75) is 71.4 Å². The quantitative estimate of drug-likeness (QED) is 0.434. The Bertz CT molecular complexity index is 640. The van der Waals surface area contributed by atoms with E-state index in [1.54, 1.807) is 27.7 Å². The largest absolute Gasteiger partial charge is 0.466 e. The number of rotatable bonds is 11. The van der Waals surface area contributed by atoms with E-state index in [2.05, 4.69) is 10.6 Å². The number of carbonyl (C=O) groups excluding carboxylic acids is 3. The van der Waals surface area contributed by atoms with Gasteiger partial charge in [-0.25, -0.2) is 4.79 Å². The van der Waals surface area contributed by atoms with E-state index in [-0.39, 0.29) is 24.5 Å². The van der Waals surface area contributed by atoms with Gasteiger partial charge in [-0.1, -0.05) is 36.8 Å². The highest BCUT2D eigenvalue weighted by Gasteiger charge is 2.18. The Morgan fingerprint density at radius 1 is 1.07 bits per heavy atom. The summed E-state index contributed by atoms with van der Waals surface area (Å²) in [7, 11) is 0. The van der Waals surface area contributed by atoms with Crippen LogP contribution in [0.1, 0.15) is 58.9 Å². The van der Waals surface area contributed by atoms with Crippen LogP contribution in [0.5, 0.6) is 0 Å². The van der Waals surface area contributed by atoms with Crippen molar-refractivity contribution in [1.29, 1.82) is 0 Å². The predicted molar refractivity (Wildman–Crippen MR) is 111 cm³/mol. The molecule has 0 aliphatic heterocycles. The molecule has 0 unspecified atom stereocenters. The number of esters is 1. The van der Waals surface area contributed by atoms with Crippen molar-refractivity contribution in [2.75, 3.05) is 13.2 Å². The van der Waals surface area contributed by atoms with Gasteiger partial charge in [-0.05, 0) is 52.5 Å². The Balaban J connectivity index is 2.51. The van der Waals surface area contributed by atoms with Gasteiger partial charge in [-0.15, -0.1) is 0 Å². The minimum atomic E-state index is -0.623. The van der Waals surface area contributed by atoms with Crippen LogP contribution in [-0.2, 0) is 25.5 Å². The fourth-order valence-corrected chi connectivity index (χ4v) is 2.76. The summed E-state index contributed by atoms with van der Waals surface area (Å²) in [6, 6.07) is 9.79. The first kappa shape index (κ1) is 24.5. The molecular formula is C22H34N2O5. The number of hydrogen-bond acceptors (Lipinski definition) is 5. The predicted octanol–water partition coefficient (Wildman–Crippen LogP) is 3.36. The SMILES string of the molecule is CCOC(=O)CCCC[C@H](Cc1ccccc1)NC(=O)CNC(=O)OC(C)(C)C. The molecule has 0 bridgehead atoms. The molecule has 0 fully saturated rings. The molecule has 7 nitrogen and oxygen atoms in total. The van der Waals surface area contributed by atoms with Crippen molar-refractivity contribution in [3.8, 4) is 0 Å². The monoisotopic (exact) mass is 406 g/mol. The molecule has 1 atom stereocenters. The van der Waals surface area contributed by atoms with E-state index in [0.29, 0.717) is 25.9 Å². The Labute approximate surface area is 173 Å². The molecule has 1 rings (SSSR count). The zero-order chi connectivity index (χ0) is 21.7. The molecule has 0 aromatic heterocycles. The highest BCUT2D eigenvalue weighted by molar-refractivity contribution is 5.82. The van der Waals surface area contributed by atoms with E-state index in [0.717, 1.165) is 18.4 Å². The van der Waals surface area contributed by atoms with E-state index < -0.39 is 11.7 Å². The van der Waals surface area contributed by atoms with E-state index in [9.17, 15) is 14.4 Å². The van der Waals surface area contributed by atoms with Crippen molar-refractivity contribution in [3.05, 3.63) is 35.9 Å². The molecule has 1 aromatic rings. The standard InChI is InChI=1S/C22H34N2O5/c1-5-28-20(26)14-10-9-13-18(15-17-11-7-6-8-12-17)24-19(25)16-23-21(27)29-22(2,3)4/h6-8,11-12,18H,5,9-10,13-16H2,1-4H3,(H,23,27)(H,24,25)/t18-/m1/s1. The number of unbranched alkanes of at least 4 members (excludes halogenated alkanes) is 1. The van der Waals surface area contributed by atoms with Gasteiger partial charge in [0.05, 0.1) is 6.61 Å². The molecule has 2 amide bonds. The second-order valence-corrected chi connectivity index (χ2v) is 7.86. The first-order valence-electron chi connectivity index (χ1n) is 10.2. The number of nitrogens with one attached hydrogen (secondary N) is 2. The van der Waals surface area contributed by atoms with E-state index >= 15 is 0 Å². The van der Waals surface area contributed by atoms with Crippen LogP contribution in [0.25, 0.3) is 0 Å². The third kappa shape index (κ3) is 12.5. The van der Waals surface area contributed by atoms with Crippen LogP contribution < -0.4 is 10.6 Å². The van der Waals surface area contributed by atoms with Crippen molar-refractivity contribution < 1.29 is 23.9 Å². The smallest absolute Gasteiger partial charge is 0.408 e. The lowest BCUT2D eigenvalue weighted by atomic mass is 10.00. The first-order valence-corrected chi connectivity index (χ1v) is 10.2. The maximum Gasteiger partial charge on any atom is 0.408 e. The number of hydrogen-bond donors (Lipinski definition) is 2. The molecule has 2 N–H and O–H groups in total. The lowest BCUT2D eigenvalue weighted by molar-refractivity contribution is -0.143. The zero-order valence-electron chi connectivity index (χ0n) is 18.0. The van der Waals surface area contributed by atoms with Crippen LogP contribution in [-0.4, -0.2) is 42.8 Å². The van der Waals surface area contributed by atoms with E-state index in [4.69, 9.17) is 9.47 Å². The van der Waals surface area contributed by atoms with Gasteiger partial charge in [0, 0.05) is 12.5 Å². The molecule has 0 aliphatic carbocycles. The van der Waals surface area contributed by atoms with Gasteiger partial charge in [-0.3, -0.25) is 9.59 Å². The molecule has 0 spiro atoms. The Morgan fingerprint density at radius 3 is 2.38 bits per heavy atom. The van der Waals surface area contributed by atoms with Crippen LogP contribution in [0.15, 0.2) is 30.3 Å². The lowest BCUT2D eigenvalue weighted by Crippen LogP contribution is -2.44. The molecule has 1 aromatic carbocycles. The third-order valence-corrected chi connectivity index (χ3v) is 3.97. The Hall–Kier alpha value is -2.57. The Morgan fingerprint density at radius 2 is 1.76 bits per heavy atom. The molecule has 162 valence electrons. The molecule has 0 saturated carbocycles. The lowest BCUT2D eigenvalue weighted by Gasteiger charge is -2.21. The van der Waals surface area contributed by atoms with Crippen molar-refractivity contribution in [3.63, 3.8) is 0 Å². The van der Waals surface area contributed by atoms with E-state index in [1.807, 2.05) is 30.3 Å². The summed E-state index contributed by atoms with van der Waals surface area (Å²) < 4.78 is 10.1.